The lowest BCUT2D eigenvalue weighted by atomic mass is 10.2. The zero-order valence-corrected chi connectivity index (χ0v) is 10.4. The van der Waals surface area contributed by atoms with Crippen LogP contribution in [0.4, 0.5) is 5.69 Å². The summed E-state index contributed by atoms with van der Waals surface area (Å²) in [5.41, 5.74) is 1.81. The van der Waals surface area contributed by atoms with Gasteiger partial charge < -0.3 is 5.32 Å². The molecule has 1 N–H and O–H groups in total. The van der Waals surface area contributed by atoms with E-state index in [1.54, 1.807) is 12.3 Å². The van der Waals surface area contributed by atoms with E-state index in [0.717, 1.165) is 29.6 Å². The molecule has 0 aliphatic carbocycles. The summed E-state index contributed by atoms with van der Waals surface area (Å²) in [6, 6.07) is 5.53. The van der Waals surface area contributed by atoms with Gasteiger partial charge in [0.05, 0.1) is 10.5 Å². The fourth-order valence-electron chi connectivity index (χ4n) is 1.59. The monoisotopic (exact) mass is 254 g/mol. The van der Waals surface area contributed by atoms with Crippen molar-refractivity contribution in [2.24, 2.45) is 0 Å². The molecule has 2 nitrogen and oxygen atoms in total. The first-order chi connectivity index (χ1) is 7.72. The van der Waals surface area contributed by atoms with Gasteiger partial charge in [-0.05, 0) is 24.6 Å². The van der Waals surface area contributed by atoms with Crippen molar-refractivity contribution in [3.63, 3.8) is 0 Å². The molecule has 0 saturated heterocycles. The van der Waals surface area contributed by atoms with E-state index in [9.17, 15) is 0 Å². The van der Waals surface area contributed by atoms with Crippen LogP contribution in [0.25, 0.3) is 10.9 Å². The van der Waals surface area contributed by atoms with Gasteiger partial charge in [0, 0.05) is 28.8 Å². The number of aromatic nitrogens is 1. The third-order valence-corrected chi connectivity index (χ3v) is 2.83. The average molecular weight is 255 g/mol. The highest BCUT2D eigenvalue weighted by molar-refractivity contribution is 6.38. The molecule has 1 aromatic heterocycles. The minimum atomic E-state index is 0.586. The lowest BCUT2D eigenvalue weighted by Crippen LogP contribution is -2.00. The number of halogens is 2. The second kappa shape index (κ2) is 4.89. The molecular weight excluding hydrogens is 243 g/mol. The van der Waals surface area contributed by atoms with Crippen LogP contribution in [0.3, 0.4) is 0 Å². The second-order valence-corrected chi connectivity index (χ2v) is 4.41. The fraction of sp³-hybridized carbons (Fsp3) is 0.250. The van der Waals surface area contributed by atoms with Gasteiger partial charge in [-0.2, -0.15) is 0 Å². The lowest BCUT2D eigenvalue weighted by Gasteiger charge is -2.09. The molecule has 0 unspecified atom stereocenters. The van der Waals surface area contributed by atoms with Crippen LogP contribution in [0.1, 0.15) is 13.3 Å². The van der Waals surface area contributed by atoms with Crippen LogP contribution >= 0.6 is 23.2 Å². The van der Waals surface area contributed by atoms with E-state index in [0.29, 0.717) is 10.0 Å². The summed E-state index contributed by atoms with van der Waals surface area (Å²) in [6.45, 7) is 3.04. The first-order valence-corrected chi connectivity index (χ1v) is 5.95. The Labute approximate surface area is 105 Å². The minimum absolute atomic E-state index is 0.586. The smallest absolute Gasteiger partial charge is 0.0909 e. The number of benzene rings is 1. The molecule has 84 valence electrons. The SMILES string of the molecule is CCCNc1ccnc2c(Cl)cc(Cl)cc12. The van der Waals surface area contributed by atoms with E-state index in [1.165, 1.54) is 0 Å². The molecule has 0 amide bonds. The molecular formula is C12H12Cl2N2. The van der Waals surface area contributed by atoms with Gasteiger partial charge in [-0.3, -0.25) is 4.98 Å². The molecule has 0 atom stereocenters. The number of fused-ring (bicyclic) bond motifs is 1. The van der Waals surface area contributed by atoms with Gasteiger partial charge in [0.15, 0.2) is 0 Å². The van der Waals surface area contributed by atoms with E-state index in [-0.39, 0.29) is 0 Å². The van der Waals surface area contributed by atoms with Crippen molar-refractivity contribution < 1.29 is 0 Å². The summed E-state index contributed by atoms with van der Waals surface area (Å²) in [6.07, 6.45) is 2.82. The van der Waals surface area contributed by atoms with Crippen LogP contribution in [0.2, 0.25) is 10.0 Å². The molecule has 0 aliphatic heterocycles. The molecule has 0 fully saturated rings. The Morgan fingerprint density at radius 2 is 2.12 bits per heavy atom. The number of rotatable bonds is 3. The standard InChI is InChI=1S/C12H12Cl2N2/c1-2-4-15-11-3-5-16-12-9(11)6-8(13)7-10(12)14/h3,5-7H,2,4H2,1H3,(H,15,16). The minimum Gasteiger partial charge on any atom is -0.384 e. The Bertz CT molecular complexity index is 512. The number of hydrogen-bond acceptors (Lipinski definition) is 2. The largest absolute Gasteiger partial charge is 0.384 e. The zero-order valence-electron chi connectivity index (χ0n) is 8.93. The van der Waals surface area contributed by atoms with Crippen molar-refractivity contribution in [1.82, 2.24) is 4.98 Å². The number of nitrogens with one attached hydrogen (secondary N) is 1. The molecule has 1 heterocycles. The third-order valence-electron chi connectivity index (χ3n) is 2.33. The molecule has 1 aromatic carbocycles. The molecule has 0 spiro atoms. The Morgan fingerprint density at radius 3 is 2.88 bits per heavy atom. The van der Waals surface area contributed by atoms with Gasteiger partial charge >= 0.3 is 0 Å². The lowest BCUT2D eigenvalue weighted by molar-refractivity contribution is 0.981. The van der Waals surface area contributed by atoms with E-state index in [1.807, 2.05) is 12.1 Å². The predicted octanol–water partition coefficient (Wildman–Crippen LogP) is 4.36. The maximum atomic E-state index is 6.09. The zero-order chi connectivity index (χ0) is 11.5. The van der Waals surface area contributed by atoms with Crippen LogP contribution in [0.15, 0.2) is 24.4 Å². The topological polar surface area (TPSA) is 24.9 Å². The summed E-state index contributed by atoms with van der Waals surface area (Å²) >= 11 is 12.1. The van der Waals surface area contributed by atoms with E-state index < -0.39 is 0 Å². The second-order valence-electron chi connectivity index (χ2n) is 3.57. The first-order valence-electron chi connectivity index (χ1n) is 5.20. The van der Waals surface area contributed by atoms with Crippen LogP contribution < -0.4 is 5.32 Å². The Kier molecular flexibility index (Phi) is 3.52. The Morgan fingerprint density at radius 1 is 1.31 bits per heavy atom. The predicted molar refractivity (Wildman–Crippen MR) is 70.5 cm³/mol. The number of hydrogen-bond donors (Lipinski definition) is 1. The summed E-state index contributed by atoms with van der Waals surface area (Å²) in [5, 5.41) is 5.52. The van der Waals surface area contributed by atoms with Crippen LogP contribution in [-0.2, 0) is 0 Å². The molecule has 2 rings (SSSR count). The van der Waals surface area contributed by atoms with Crippen LogP contribution in [0.5, 0.6) is 0 Å². The Hall–Kier alpha value is -0.990. The molecule has 0 saturated carbocycles. The van der Waals surface area contributed by atoms with Crippen molar-refractivity contribution in [3.05, 3.63) is 34.4 Å². The van der Waals surface area contributed by atoms with E-state index in [2.05, 4.69) is 17.2 Å². The fourth-order valence-corrected chi connectivity index (χ4v) is 2.13. The van der Waals surface area contributed by atoms with Crippen molar-refractivity contribution in [1.29, 1.82) is 0 Å². The van der Waals surface area contributed by atoms with Gasteiger partial charge in [-0.1, -0.05) is 30.1 Å². The van der Waals surface area contributed by atoms with Gasteiger partial charge in [-0.15, -0.1) is 0 Å². The van der Waals surface area contributed by atoms with Gasteiger partial charge in [0.2, 0.25) is 0 Å². The van der Waals surface area contributed by atoms with Crippen molar-refractivity contribution in [2.75, 3.05) is 11.9 Å². The maximum Gasteiger partial charge on any atom is 0.0909 e. The summed E-state index contributed by atoms with van der Waals surface area (Å²) in [4.78, 5) is 4.26. The summed E-state index contributed by atoms with van der Waals surface area (Å²) in [7, 11) is 0. The highest BCUT2D eigenvalue weighted by Gasteiger charge is 2.06. The molecule has 4 heteroatoms. The molecule has 0 radical (unpaired) electrons. The molecule has 0 bridgehead atoms. The highest BCUT2D eigenvalue weighted by Crippen LogP contribution is 2.30. The summed E-state index contributed by atoms with van der Waals surface area (Å²) < 4.78 is 0. The Balaban J connectivity index is 2.57. The van der Waals surface area contributed by atoms with Gasteiger partial charge in [0.1, 0.15) is 0 Å². The third kappa shape index (κ3) is 2.23. The van der Waals surface area contributed by atoms with Crippen LogP contribution in [0, 0.1) is 0 Å². The average Bonchev–Trinajstić information content (AvgIpc) is 2.26. The number of pyridine rings is 1. The number of anilines is 1. The highest BCUT2D eigenvalue weighted by atomic mass is 35.5. The maximum absolute atomic E-state index is 6.09. The molecule has 16 heavy (non-hydrogen) atoms. The molecule has 0 aliphatic rings. The summed E-state index contributed by atoms with van der Waals surface area (Å²) in [5.74, 6) is 0. The van der Waals surface area contributed by atoms with Crippen molar-refractivity contribution >= 4 is 39.8 Å². The van der Waals surface area contributed by atoms with Gasteiger partial charge in [0.25, 0.3) is 0 Å². The normalized spacial score (nSPS) is 10.7. The van der Waals surface area contributed by atoms with Crippen molar-refractivity contribution in [2.45, 2.75) is 13.3 Å². The quantitative estimate of drug-likeness (QED) is 0.881. The van der Waals surface area contributed by atoms with E-state index in [4.69, 9.17) is 23.2 Å². The van der Waals surface area contributed by atoms with Gasteiger partial charge in [-0.25, -0.2) is 0 Å². The van der Waals surface area contributed by atoms with Crippen LogP contribution in [-0.4, -0.2) is 11.5 Å². The number of nitrogens with zero attached hydrogens (tertiary/aromatic N) is 1. The first kappa shape index (κ1) is 11.5. The molecule has 2 aromatic rings. The van der Waals surface area contributed by atoms with E-state index >= 15 is 0 Å². The van der Waals surface area contributed by atoms with Crippen molar-refractivity contribution in [3.8, 4) is 0 Å².